The zero-order chi connectivity index (χ0) is 17.7. The lowest BCUT2D eigenvalue weighted by Gasteiger charge is -2.46. The number of hydrogen-bond donors (Lipinski definition) is 0. The van der Waals surface area contributed by atoms with Crippen LogP contribution < -0.4 is 0 Å². The molecule has 5 aliphatic rings. The molecule has 0 N–H and O–H groups in total. The van der Waals surface area contributed by atoms with Gasteiger partial charge in [0.15, 0.2) is 0 Å². The van der Waals surface area contributed by atoms with Gasteiger partial charge in [-0.15, -0.1) is 0 Å². The van der Waals surface area contributed by atoms with Crippen LogP contribution in [0.25, 0.3) is 0 Å². The van der Waals surface area contributed by atoms with Crippen molar-refractivity contribution >= 4 is 0 Å². The smallest absolute Gasteiger partial charge is 0.123 e. The van der Waals surface area contributed by atoms with Crippen LogP contribution in [-0.4, -0.2) is 0 Å². The van der Waals surface area contributed by atoms with Crippen molar-refractivity contribution in [3.63, 3.8) is 0 Å². The molecule has 2 aromatic carbocycles. The molecule has 0 radical (unpaired) electrons. The van der Waals surface area contributed by atoms with Gasteiger partial charge < -0.3 is 0 Å². The maximum Gasteiger partial charge on any atom is 0.123 e. The van der Waals surface area contributed by atoms with Crippen molar-refractivity contribution in [1.29, 1.82) is 0 Å². The van der Waals surface area contributed by atoms with Gasteiger partial charge >= 0.3 is 0 Å². The van der Waals surface area contributed by atoms with Crippen molar-refractivity contribution in [2.45, 2.75) is 62.2 Å². The van der Waals surface area contributed by atoms with Gasteiger partial charge in [-0.2, -0.15) is 0 Å². The van der Waals surface area contributed by atoms with E-state index in [9.17, 15) is 4.39 Å². The Morgan fingerprint density at radius 1 is 0.630 bits per heavy atom. The normalized spacial score (nSPS) is 42.9. The summed E-state index contributed by atoms with van der Waals surface area (Å²) in [6.07, 6.45) is 8.49. The third-order valence-electron chi connectivity index (χ3n) is 9.29. The van der Waals surface area contributed by atoms with Gasteiger partial charge in [0.25, 0.3) is 0 Å². The van der Waals surface area contributed by atoms with Crippen LogP contribution in [0.3, 0.4) is 0 Å². The van der Waals surface area contributed by atoms with E-state index in [4.69, 9.17) is 0 Å². The fourth-order valence-electron chi connectivity index (χ4n) is 8.56. The van der Waals surface area contributed by atoms with Crippen LogP contribution in [0.1, 0.15) is 84.5 Å². The number of fused-ring (bicyclic) bond motifs is 10. The van der Waals surface area contributed by atoms with Crippen LogP contribution in [0.4, 0.5) is 4.39 Å². The highest BCUT2D eigenvalue weighted by atomic mass is 19.1. The molecule has 8 unspecified atom stereocenters. The van der Waals surface area contributed by atoms with Crippen LogP contribution in [0.2, 0.25) is 0 Å². The minimum atomic E-state index is -0.0664. The summed E-state index contributed by atoms with van der Waals surface area (Å²) in [5, 5.41) is 0. The highest BCUT2D eigenvalue weighted by Crippen LogP contribution is 2.70. The predicted octanol–water partition coefficient (Wildman–Crippen LogP) is 6.73. The number of rotatable bonds is 2. The highest BCUT2D eigenvalue weighted by molar-refractivity contribution is 5.55. The van der Waals surface area contributed by atoms with E-state index in [0.29, 0.717) is 11.8 Å². The van der Waals surface area contributed by atoms with Gasteiger partial charge in [-0.1, -0.05) is 30.3 Å². The minimum absolute atomic E-state index is 0.0664. The van der Waals surface area contributed by atoms with Gasteiger partial charge in [-0.25, -0.2) is 4.39 Å². The Labute approximate surface area is 161 Å². The maximum atomic E-state index is 14.0. The fraction of sp³-hybridized carbons (Fsp3) is 0.538. The summed E-state index contributed by atoms with van der Waals surface area (Å²) in [7, 11) is 0. The lowest BCUT2D eigenvalue weighted by Crippen LogP contribution is -2.33. The summed E-state index contributed by atoms with van der Waals surface area (Å²) < 4.78 is 14.0. The Morgan fingerprint density at radius 3 is 1.85 bits per heavy atom. The Kier molecular flexibility index (Phi) is 2.97. The number of benzene rings is 2. The van der Waals surface area contributed by atoms with Crippen LogP contribution in [0, 0.1) is 29.5 Å². The summed E-state index contributed by atoms with van der Waals surface area (Å²) in [4.78, 5) is 0. The zero-order valence-corrected chi connectivity index (χ0v) is 15.8. The van der Waals surface area contributed by atoms with Crippen molar-refractivity contribution in [2.75, 3.05) is 0 Å². The number of halogens is 1. The van der Waals surface area contributed by atoms with E-state index in [1.165, 1.54) is 44.1 Å². The quantitative estimate of drug-likeness (QED) is 0.558. The van der Waals surface area contributed by atoms with E-state index >= 15 is 0 Å². The minimum Gasteiger partial charge on any atom is -0.207 e. The predicted molar refractivity (Wildman–Crippen MR) is 105 cm³/mol. The van der Waals surface area contributed by atoms with Gasteiger partial charge in [-0.05, 0) is 120 Å². The molecule has 0 spiro atoms. The molecule has 4 saturated carbocycles. The molecule has 0 saturated heterocycles. The topological polar surface area (TPSA) is 0 Å². The van der Waals surface area contributed by atoms with Gasteiger partial charge in [0.05, 0.1) is 0 Å². The highest BCUT2D eigenvalue weighted by Gasteiger charge is 2.58. The Bertz CT molecular complexity index is 930. The summed E-state index contributed by atoms with van der Waals surface area (Å²) in [6, 6.07) is 14.8. The van der Waals surface area contributed by atoms with Crippen molar-refractivity contribution in [2.24, 2.45) is 23.7 Å². The molecular formula is C26H27F. The third-order valence-corrected chi connectivity index (χ3v) is 9.29. The van der Waals surface area contributed by atoms with E-state index < -0.39 is 0 Å². The van der Waals surface area contributed by atoms with E-state index in [1.807, 2.05) is 12.1 Å². The van der Waals surface area contributed by atoms with E-state index in [1.54, 1.807) is 22.8 Å². The average Bonchev–Trinajstić information content (AvgIpc) is 3.42. The third kappa shape index (κ3) is 1.89. The molecular weight excluding hydrogens is 331 g/mol. The fourth-order valence-corrected chi connectivity index (χ4v) is 8.56. The zero-order valence-electron chi connectivity index (χ0n) is 15.8. The van der Waals surface area contributed by atoms with Crippen LogP contribution in [-0.2, 0) is 0 Å². The SMILES string of the molecule is Fc1cccc(C2C3CCC(C3)C2c2cccc3c2C2C4CCC(C4)C32)c1. The van der Waals surface area contributed by atoms with Crippen molar-refractivity contribution in [3.05, 3.63) is 70.5 Å². The molecule has 138 valence electrons. The standard InChI is InChI=1S/C26H27F/c27-19-4-1-3-14(13-19)22-15-7-8-16(11-15)23(22)20-5-2-6-21-24-17-9-10-18(12-17)25(24)26(20)21/h1-6,13,15-18,22-25H,7-12H2. The largest absolute Gasteiger partial charge is 0.207 e. The molecule has 8 atom stereocenters. The van der Waals surface area contributed by atoms with E-state index in [0.717, 1.165) is 35.5 Å². The average molecular weight is 359 g/mol. The van der Waals surface area contributed by atoms with Crippen molar-refractivity contribution in [1.82, 2.24) is 0 Å². The Balaban J connectivity index is 1.36. The Hall–Kier alpha value is -1.63. The number of hydrogen-bond acceptors (Lipinski definition) is 0. The van der Waals surface area contributed by atoms with Gasteiger partial charge in [0, 0.05) is 0 Å². The first kappa shape index (κ1) is 15.3. The molecule has 7 rings (SSSR count). The molecule has 1 heteroatoms. The summed E-state index contributed by atoms with van der Waals surface area (Å²) in [5.74, 6) is 6.34. The van der Waals surface area contributed by atoms with Crippen LogP contribution in [0.5, 0.6) is 0 Å². The second-order valence-corrected chi connectivity index (χ2v) is 10.2. The van der Waals surface area contributed by atoms with E-state index in [-0.39, 0.29) is 5.82 Å². The molecule has 0 amide bonds. The molecule has 2 aromatic rings. The summed E-state index contributed by atoms with van der Waals surface area (Å²) in [6.45, 7) is 0. The van der Waals surface area contributed by atoms with Crippen LogP contribution >= 0.6 is 0 Å². The molecule has 0 nitrogen and oxygen atoms in total. The second-order valence-electron chi connectivity index (χ2n) is 10.2. The van der Waals surface area contributed by atoms with Crippen molar-refractivity contribution < 1.29 is 4.39 Å². The molecule has 0 aromatic heterocycles. The first-order valence-electron chi connectivity index (χ1n) is 11.2. The molecule has 0 aliphatic heterocycles. The first-order valence-corrected chi connectivity index (χ1v) is 11.2. The maximum absolute atomic E-state index is 14.0. The van der Waals surface area contributed by atoms with Gasteiger partial charge in [0.1, 0.15) is 5.82 Å². The monoisotopic (exact) mass is 358 g/mol. The molecule has 27 heavy (non-hydrogen) atoms. The molecule has 5 aliphatic carbocycles. The van der Waals surface area contributed by atoms with E-state index in [2.05, 4.69) is 24.3 Å². The van der Waals surface area contributed by atoms with Gasteiger partial charge in [0.2, 0.25) is 0 Å². The lowest BCUT2D eigenvalue weighted by atomic mass is 9.57. The summed E-state index contributed by atoms with van der Waals surface area (Å²) in [5.41, 5.74) is 6.38. The molecule has 4 bridgehead atoms. The first-order chi connectivity index (χ1) is 13.3. The summed E-state index contributed by atoms with van der Waals surface area (Å²) >= 11 is 0. The van der Waals surface area contributed by atoms with Crippen LogP contribution in [0.15, 0.2) is 42.5 Å². The lowest BCUT2D eigenvalue weighted by molar-refractivity contribution is 0.308. The van der Waals surface area contributed by atoms with Gasteiger partial charge in [-0.3, -0.25) is 0 Å². The second kappa shape index (κ2) is 5.25. The molecule has 4 fully saturated rings. The Morgan fingerprint density at radius 2 is 1.19 bits per heavy atom. The molecule has 0 heterocycles. The van der Waals surface area contributed by atoms with Crippen molar-refractivity contribution in [3.8, 4) is 0 Å².